The van der Waals surface area contributed by atoms with Crippen LogP contribution >= 0.6 is 0 Å². The van der Waals surface area contributed by atoms with Crippen molar-refractivity contribution in [2.75, 3.05) is 23.9 Å². The van der Waals surface area contributed by atoms with E-state index in [0.29, 0.717) is 18.2 Å². The Morgan fingerprint density at radius 3 is 2.93 bits per heavy atom. The fraction of sp³-hybridized carbons (Fsp3) is 0.500. The quantitative estimate of drug-likeness (QED) is 0.449. The van der Waals surface area contributed by atoms with E-state index in [1.807, 2.05) is 11.9 Å². The van der Waals surface area contributed by atoms with Gasteiger partial charge in [-0.15, -0.1) is 0 Å². The monoisotopic (exact) mass is 197 g/mol. The summed E-state index contributed by atoms with van der Waals surface area (Å²) in [5.41, 5.74) is 2.44. The second kappa shape index (κ2) is 4.73. The van der Waals surface area contributed by atoms with Crippen molar-refractivity contribution in [3.8, 4) is 0 Å². The molecule has 1 aromatic heterocycles. The maximum atomic E-state index is 9.19. The van der Waals surface area contributed by atoms with Crippen LogP contribution in [0.15, 0.2) is 12.4 Å². The number of hydrogen-bond donors (Lipinski definition) is 3. The number of nitrogens with one attached hydrogen (secondary N) is 1. The lowest BCUT2D eigenvalue weighted by molar-refractivity contribution is 0.201. The molecule has 0 aliphatic heterocycles. The van der Waals surface area contributed by atoms with Crippen LogP contribution in [0.1, 0.15) is 6.92 Å². The summed E-state index contributed by atoms with van der Waals surface area (Å²) in [5, 5.41) is 9.19. The highest BCUT2D eigenvalue weighted by atomic mass is 16.3. The molecule has 14 heavy (non-hydrogen) atoms. The van der Waals surface area contributed by atoms with E-state index < -0.39 is 6.10 Å². The normalized spacial score (nSPS) is 12.3. The highest BCUT2D eigenvalue weighted by Gasteiger charge is 2.06. The van der Waals surface area contributed by atoms with Gasteiger partial charge in [-0.1, -0.05) is 0 Å². The highest BCUT2D eigenvalue weighted by Crippen LogP contribution is 2.11. The van der Waals surface area contributed by atoms with Crippen LogP contribution in [0.25, 0.3) is 0 Å². The summed E-state index contributed by atoms with van der Waals surface area (Å²) < 4.78 is 0. The van der Waals surface area contributed by atoms with Crippen molar-refractivity contribution in [1.29, 1.82) is 0 Å². The number of aromatic nitrogens is 2. The Balaban J connectivity index is 2.73. The zero-order valence-electron chi connectivity index (χ0n) is 8.31. The van der Waals surface area contributed by atoms with Crippen molar-refractivity contribution in [2.24, 2.45) is 5.84 Å². The SMILES string of the molecule is CC(O)CN(C)c1cc(NN)ncn1. The fourth-order valence-electron chi connectivity index (χ4n) is 1.12. The van der Waals surface area contributed by atoms with Crippen LogP contribution in [-0.2, 0) is 0 Å². The van der Waals surface area contributed by atoms with Crippen molar-refractivity contribution < 1.29 is 5.11 Å². The number of hydrazine groups is 1. The second-order valence-electron chi connectivity index (χ2n) is 3.14. The molecule has 0 bridgehead atoms. The number of nitrogens with two attached hydrogens (primary N) is 1. The molecule has 1 atom stereocenters. The Hall–Kier alpha value is -1.40. The summed E-state index contributed by atoms with van der Waals surface area (Å²) in [4.78, 5) is 9.76. The standard InChI is InChI=1S/C8H15N5O/c1-6(14)4-13(2)8-3-7(12-9)10-5-11-8/h3,5-6,14H,4,9H2,1-2H3,(H,10,11,12). The van der Waals surface area contributed by atoms with E-state index in [2.05, 4.69) is 15.4 Å². The van der Waals surface area contributed by atoms with E-state index in [-0.39, 0.29) is 0 Å². The van der Waals surface area contributed by atoms with Crippen LogP contribution < -0.4 is 16.2 Å². The van der Waals surface area contributed by atoms with Crippen molar-refractivity contribution in [2.45, 2.75) is 13.0 Å². The molecule has 78 valence electrons. The van der Waals surface area contributed by atoms with Gasteiger partial charge in [0.15, 0.2) is 0 Å². The predicted molar refractivity (Wildman–Crippen MR) is 54.8 cm³/mol. The minimum Gasteiger partial charge on any atom is -0.392 e. The van der Waals surface area contributed by atoms with Gasteiger partial charge in [0, 0.05) is 19.7 Å². The minimum atomic E-state index is -0.399. The molecule has 0 fully saturated rings. The van der Waals surface area contributed by atoms with E-state index in [4.69, 9.17) is 5.84 Å². The average molecular weight is 197 g/mol. The van der Waals surface area contributed by atoms with E-state index in [9.17, 15) is 5.11 Å². The first kappa shape index (κ1) is 10.7. The molecule has 1 aromatic rings. The van der Waals surface area contributed by atoms with Crippen LogP contribution in [0, 0.1) is 0 Å². The Morgan fingerprint density at radius 1 is 1.64 bits per heavy atom. The maximum Gasteiger partial charge on any atom is 0.145 e. The number of likely N-dealkylation sites (N-methyl/N-ethyl adjacent to an activating group) is 1. The van der Waals surface area contributed by atoms with Gasteiger partial charge in [-0.3, -0.25) is 0 Å². The first-order valence-electron chi connectivity index (χ1n) is 4.31. The zero-order valence-corrected chi connectivity index (χ0v) is 8.31. The molecular weight excluding hydrogens is 182 g/mol. The summed E-state index contributed by atoms with van der Waals surface area (Å²) >= 11 is 0. The van der Waals surface area contributed by atoms with Gasteiger partial charge in [-0.2, -0.15) is 0 Å². The Kier molecular flexibility index (Phi) is 3.61. The van der Waals surface area contributed by atoms with Crippen LogP contribution in [0.5, 0.6) is 0 Å². The number of rotatable bonds is 4. The summed E-state index contributed by atoms with van der Waals surface area (Å²) in [6.45, 7) is 2.24. The first-order valence-corrected chi connectivity index (χ1v) is 4.31. The lowest BCUT2D eigenvalue weighted by Crippen LogP contribution is -2.27. The van der Waals surface area contributed by atoms with E-state index in [1.54, 1.807) is 13.0 Å². The smallest absolute Gasteiger partial charge is 0.145 e. The molecule has 6 heteroatoms. The van der Waals surface area contributed by atoms with Crippen molar-refractivity contribution in [3.05, 3.63) is 12.4 Å². The molecule has 4 N–H and O–H groups in total. The molecule has 1 rings (SSSR count). The molecule has 0 saturated heterocycles. The van der Waals surface area contributed by atoms with Crippen LogP contribution in [0.2, 0.25) is 0 Å². The summed E-state index contributed by atoms with van der Waals surface area (Å²) in [6.07, 6.45) is 1.02. The van der Waals surface area contributed by atoms with Crippen molar-refractivity contribution in [3.63, 3.8) is 0 Å². The second-order valence-corrected chi connectivity index (χ2v) is 3.14. The third-order valence-electron chi connectivity index (χ3n) is 1.73. The topological polar surface area (TPSA) is 87.3 Å². The molecule has 0 amide bonds. The van der Waals surface area contributed by atoms with Crippen LogP contribution in [0.4, 0.5) is 11.6 Å². The maximum absolute atomic E-state index is 9.19. The molecule has 0 spiro atoms. The van der Waals surface area contributed by atoms with Gasteiger partial charge in [-0.25, -0.2) is 15.8 Å². The summed E-state index contributed by atoms with van der Waals surface area (Å²) in [5.74, 6) is 6.48. The molecule has 0 aliphatic carbocycles. The Morgan fingerprint density at radius 2 is 2.36 bits per heavy atom. The Bertz CT molecular complexity index is 291. The van der Waals surface area contributed by atoms with Gasteiger partial charge >= 0.3 is 0 Å². The van der Waals surface area contributed by atoms with Gasteiger partial charge in [0.2, 0.25) is 0 Å². The van der Waals surface area contributed by atoms with Crippen LogP contribution in [0.3, 0.4) is 0 Å². The molecule has 6 nitrogen and oxygen atoms in total. The molecule has 0 saturated carbocycles. The molecule has 1 heterocycles. The summed E-state index contributed by atoms with van der Waals surface area (Å²) in [7, 11) is 1.84. The number of nitrogens with zero attached hydrogens (tertiary/aromatic N) is 3. The van der Waals surface area contributed by atoms with Crippen molar-refractivity contribution >= 4 is 11.6 Å². The molecular formula is C8H15N5O. The van der Waals surface area contributed by atoms with E-state index in [0.717, 1.165) is 0 Å². The van der Waals surface area contributed by atoms with Gasteiger partial charge < -0.3 is 15.4 Å². The predicted octanol–water partition coefficient (Wildman–Crippen LogP) is -0.421. The largest absolute Gasteiger partial charge is 0.392 e. The van der Waals surface area contributed by atoms with Gasteiger partial charge in [-0.05, 0) is 6.92 Å². The highest BCUT2D eigenvalue weighted by molar-refractivity contribution is 5.47. The lowest BCUT2D eigenvalue weighted by atomic mass is 10.3. The van der Waals surface area contributed by atoms with Gasteiger partial charge in [0.25, 0.3) is 0 Å². The van der Waals surface area contributed by atoms with Crippen LogP contribution in [-0.4, -0.2) is 34.8 Å². The minimum absolute atomic E-state index is 0.399. The number of aliphatic hydroxyl groups excluding tert-OH is 1. The molecule has 1 unspecified atom stereocenters. The van der Waals surface area contributed by atoms with Gasteiger partial charge in [0.05, 0.1) is 6.10 Å². The fourth-order valence-corrected chi connectivity index (χ4v) is 1.12. The number of anilines is 2. The lowest BCUT2D eigenvalue weighted by Gasteiger charge is -2.19. The van der Waals surface area contributed by atoms with Crippen molar-refractivity contribution in [1.82, 2.24) is 9.97 Å². The first-order chi connectivity index (χ1) is 6.63. The summed E-state index contributed by atoms with van der Waals surface area (Å²) in [6, 6.07) is 1.71. The molecule has 0 aromatic carbocycles. The van der Waals surface area contributed by atoms with E-state index in [1.165, 1.54) is 6.33 Å². The zero-order chi connectivity index (χ0) is 10.6. The van der Waals surface area contributed by atoms with E-state index >= 15 is 0 Å². The molecule has 0 radical (unpaired) electrons. The molecule has 0 aliphatic rings. The van der Waals surface area contributed by atoms with Gasteiger partial charge in [0.1, 0.15) is 18.0 Å². The Labute approximate surface area is 82.7 Å². The average Bonchev–Trinajstić information content (AvgIpc) is 2.17. The number of nitrogen functional groups attached to an aromatic ring is 1. The third kappa shape index (κ3) is 2.82. The number of hydrogen-bond acceptors (Lipinski definition) is 6. The number of aliphatic hydroxyl groups is 1. The third-order valence-corrected chi connectivity index (χ3v) is 1.73.